The Morgan fingerprint density at radius 1 is 1.12 bits per heavy atom. The molecule has 25 heavy (non-hydrogen) atoms. The van der Waals surface area contributed by atoms with Crippen LogP contribution in [0.2, 0.25) is 0 Å². The number of amides is 2. The van der Waals surface area contributed by atoms with Gasteiger partial charge in [0.15, 0.2) is 0 Å². The van der Waals surface area contributed by atoms with Crippen LogP contribution in [0.15, 0.2) is 54.6 Å². The second-order valence-corrected chi connectivity index (χ2v) is 6.09. The summed E-state index contributed by atoms with van der Waals surface area (Å²) in [5.41, 5.74) is 13.6. The first-order chi connectivity index (χ1) is 11.9. The molecule has 1 unspecified atom stereocenters. The number of nitrogens with two attached hydrogens (primary N) is 2. The van der Waals surface area contributed by atoms with Gasteiger partial charge in [-0.05, 0) is 30.7 Å². The average molecular weight is 340 g/mol. The summed E-state index contributed by atoms with van der Waals surface area (Å²) in [6.07, 6.45) is 0.249. The number of hydrogen-bond acceptors (Lipinski definition) is 4. The summed E-state index contributed by atoms with van der Waals surface area (Å²) >= 11 is 0. The maximum atomic E-state index is 11.9. The smallest absolute Gasteiger partial charge is 0.236 e. The van der Waals surface area contributed by atoms with Gasteiger partial charge >= 0.3 is 0 Å². The molecule has 6 nitrogen and oxygen atoms in total. The summed E-state index contributed by atoms with van der Waals surface area (Å²) in [5, 5.41) is 2.82. The van der Waals surface area contributed by atoms with Crippen LogP contribution in [-0.4, -0.2) is 24.4 Å². The molecular weight excluding hydrogens is 316 g/mol. The van der Waals surface area contributed by atoms with Crippen LogP contribution >= 0.6 is 0 Å². The molecule has 2 aromatic rings. The third kappa shape index (κ3) is 6.27. The van der Waals surface area contributed by atoms with Gasteiger partial charge in [-0.25, -0.2) is 0 Å². The molecule has 0 spiro atoms. The summed E-state index contributed by atoms with van der Waals surface area (Å²) in [6, 6.07) is 16.9. The lowest BCUT2D eigenvalue weighted by molar-refractivity contribution is -0.117. The van der Waals surface area contributed by atoms with Crippen molar-refractivity contribution in [2.24, 2.45) is 11.5 Å². The number of nitrogens with zero attached hydrogens (tertiary/aromatic N) is 1. The highest BCUT2D eigenvalue weighted by molar-refractivity contribution is 5.91. The standard InChI is InChI=1S/C19H24N4O2/c1-14(20)10-19(25)22-16-8-5-9-17(11-16)23(13-18(21)24)12-15-6-3-2-4-7-15/h2-9,11,14H,10,12-13,20H2,1H3,(H2,21,24)(H,22,25). The van der Waals surface area contributed by atoms with Crippen LogP contribution in [0, 0.1) is 0 Å². The molecule has 2 rings (SSSR count). The second kappa shape index (κ2) is 8.84. The molecule has 0 aliphatic rings. The quantitative estimate of drug-likeness (QED) is 0.682. The lowest BCUT2D eigenvalue weighted by atomic mass is 10.2. The van der Waals surface area contributed by atoms with E-state index in [-0.39, 0.29) is 24.9 Å². The van der Waals surface area contributed by atoms with Gasteiger partial charge in [-0.3, -0.25) is 9.59 Å². The van der Waals surface area contributed by atoms with Crippen LogP contribution in [0.3, 0.4) is 0 Å². The van der Waals surface area contributed by atoms with Crippen molar-refractivity contribution in [3.63, 3.8) is 0 Å². The summed E-state index contributed by atoms with van der Waals surface area (Å²) in [7, 11) is 0. The molecule has 0 aliphatic carbocycles. The molecule has 0 aliphatic heterocycles. The summed E-state index contributed by atoms with van der Waals surface area (Å²) in [4.78, 5) is 25.2. The highest BCUT2D eigenvalue weighted by Gasteiger charge is 2.12. The number of carbonyl (C=O) groups excluding carboxylic acids is 2. The number of benzene rings is 2. The summed E-state index contributed by atoms with van der Waals surface area (Å²) < 4.78 is 0. The first kappa shape index (κ1) is 18.5. The van der Waals surface area contributed by atoms with E-state index in [1.165, 1.54) is 0 Å². The maximum Gasteiger partial charge on any atom is 0.236 e. The Labute approximate surface area is 147 Å². The third-order valence-corrected chi connectivity index (χ3v) is 3.57. The summed E-state index contributed by atoms with van der Waals surface area (Å²) in [6.45, 7) is 2.41. The van der Waals surface area contributed by atoms with Gasteiger partial charge in [-0.15, -0.1) is 0 Å². The fourth-order valence-corrected chi connectivity index (χ4v) is 2.52. The number of anilines is 2. The van der Waals surface area contributed by atoms with Gasteiger partial charge in [0.1, 0.15) is 0 Å². The van der Waals surface area contributed by atoms with Gasteiger partial charge in [0.05, 0.1) is 6.54 Å². The van der Waals surface area contributed by atoms with Crippen molar-refractivity contribution in [2.45, 2.75) is 25.9 Å². The minimum absolute atomic E-state index is 0.0894. The Morgan fingerprint density at radius 3 is 2.48 bits per heavy atom. The lowest BCUT2D eigenvalue weighted by Crippen LogP contribution is -2.33. The molecule has 0 aromatic heterocycles. The zero-order valence-corrected chi connectivity index (χ0v) is 14.3. The van der Waals surface area contributed by atoms with E-state index in [9.17, 15) is 9.59 Å². The molecule has 0 bridgehead atoms. The van der Waals surface area contributed by atoms with Gasteiger partial charge in [0.25, 0.3) is 0 Å². The Balaban J connectivity index is 2.17. The summed E-state index contributed by atoms with van der Waals surface area (Å²) in [5.74, 6) is -0.556. The normalized spacial score (nSPS) is 11.6. The number of rotatable bonds is 8. The number of carbonyl (C=O) groups is 2. The molecule has 0 saturated heterocycles. The van der Waals surface area contributed by atoms with Gasteiger partial charge in [-0.1, -0.05) is 36.4 Å². The van der Waals surface area contributed by atoms with Crippen molar-refractivity contribution in [3.05, 3.63) is 60.2 Å². The molecule has 2 aromatic carbocycles. The van der Waals surface area contributed by atoms with Crippen molar-refractivity contribution in [2.75, 3.05) is 16.8 Å². The molecular formula is C19H24N4O2. The second-order valence-electron chi connectivity index (χ2n) is 6.09. The number of nitrogens with one attached hydrogen (secondary N) is 1. The van der Waals surface area contributed by atoms with Crippen LogP contribution in [-0.2, 0) is 16.1 Å². The Kier molecular flexibility index (Phi) is 6.54. The van der Waals surface area contributed by atoms with Crippen molar-refractivity contribution in [1.29, 1.82) is 0 Å². The molecule has 0 saturated carbocycles. The van der Waals surface area contributed by atoms with Crippen LogP contribution in [0.1, 0.15) is 18.9 Å². The fraction of sp³-hybridized carbons (Fsp3) is 0.263. The minimum Gasteiger partial charge on any atom is -0.368 e. The Morgan fingerprint density at radius 2 is 1.84 bits per heavy atom. The van der Waals surface area contributed by atoms with Crippen molar-refractivity contribution in [1.82, 2.24) is 0 Å². The van der Waals surface area contributed by atoms with E-state index in [0.29, 0.717) is 12.2 Å². The molecule has 0 fully saturated rings. The van der Waals surface area contributed by atoms with E-state index in [0.717, 1.165) is 11.3 Å². The largest absolute Gasteiger partial charge is 0.368 e. The Hall–Kier alpha value is -2.86. The van der Waals surface area contributed by atoms with E-state index < -0.39 is 5.91 Å². The van der Waals surface area contributed by atoms with E-state index in [4.69, 9.17) is 11.5 Å². The van der Waals surface area contributed by atoms with Crippen molar-refractivity contribution >= 4 is 23.2 Å². The average Bonchev–Trinajstić information content (AvgIpc) is 2.54. The first-order valence-electron chi connectivity index (χ1n) is 8.16. The fourth-order valence-electron chi connectivity index (χ4n) is 2.52. The van der Waals surface area contributed by atoms with Crippen LogP contribution < -0.4 is 21.7 Å². The van der Waals surface area contributed by atoms with Crippen LogP contribution in [0.4, 0.5) is 11.4 Å². The third-order valence-electron chi connectivity index (χ3n) is 3.57. The predicted molar refractivity (Wildman–Crippen MR) is 100 cm³/mol. The molecule has 5 N–H and O–H groups in total. The molecule has 0 heterocycles. The van der Waals surface area contributed by atoms with Gasteiger partial charge in [-0.2, -0.15) is 0 Å². The topological polar surface area (TPSA) is 101 Å². The van der Waals surface area contributed by atoms with Gasteiger partial charge in [0, 0.05) is 30.4 Å². The molecule has 6 heteroatoms. The van der Waals surface area contributed by atoms with Crippen molar-refractivity contribution in [3.8, 4) is 0 Å². The van der Waals surface area contributed by atoms with Crippen LogP contribution in [0.5, 0.6) is 0 Å². The molecule has 2 amide bonds. The van der Waals surface area contributed by atoms with E-state index in [1.807, 2.05) is 53.4 Å². The molecule has 1 atom stereocenters. The number of hydrogen-bond donors (Lipinski definition) is 3. The van der Waals surface area contributed by atoms with Crippen LogP contribution in [0.25, 0.3) is 0 Å². The molecule has 0 radical (unpaired) electrons. The molecule has 132 valence electrons. The van der Waals surface area contributed by atoms with Crippen molar-refractivity contribution < 1.29 is 9.59 Å². The predicted octanol–water partition coefficient (Wildman–Crippen LogP) is 1.85. The SMILES string of the molecule is CC(N)CC(=O)Nc1cccc(N(CC(N)=O)Cc2ccccc2)c1. The van der Waals surface area contributed by atoms with E-state index >= 15 is 0 Å². The maximum absolute atomic E-state index is 11.9. The highest BCUT2D eigenvalue weighted by atomic mass is 16.2. The minimum atomic E-state index is -0.415. The first-order valence-corrected chi connectivity index (χ1v) is 8.16. The van der Waals surface area contributed by atoms with E-state index in [1.54, 1.807) is 13.0 Å². The Bertz CT molecular complexity index is 716. The van der Waals surface area contributed by atoms with Gasteiger partial charge < -0.3 is 21.7 Å². The highest BCUT2D eigenvalue weighted by Crippen LogP contribution is 2.21. The van der Waals surface area contributed by atoms with E-state index in [2.05, 4.69) is 5.32 Å². The zero-order valence-electron chi connectivity index (χ0n) is 14.3. The monoisotopic (exact) mass is 340 g/mol. The van der Waals surface area contributed by atoms with Gasteiger partial charge in [0.2, 0.25) is 11.8 Å². The zero-order chi connectivity index (χ0) is 18.2. The lowest BCUT2D eigenvalue weighted by Gasteiger charge is -2.24. The number of primary amides is 1.